The predicted octanol–water partition coefficient (Wildman–Crippen LogP) is 3.71. The molecule has 0 saturated carbocycles. The van der Waals surface area contributed by atoms with Crippen molar-refractivity contribution in [1.29, 1.82) is 0 Å². The minimum Gasteiger partial charge on any atom is -0.469 e. The zero-order chi connectivity index (χ0) is 20.0. The lowest BCUT2D eigenvalue weighted by Crippen LogP contribution is -2.34. The maximum absolute atomic E-state index is 12.7. The number of benzene rings is 1. The van der Waals surface area contributed by atoms with Gasteiger partial charge in [-0.05, 0) is 43.7 Å². The third kappa shape index (κ3) is 5.34. The molecule has 27 heavy (non-hydrogen) atoms. The van der Waals surface area contributed by atoms with Gasteiger partial charge in [0.2, 0.25) is 10.0 Å². The van der Waals surface area contributed by atoms with Gasteiger partial charge in [-0.2, -0.15) is 4.31 Å². The maximum Gasteiger partial charge on any atom is 0.253 e. The smallest absolute Gasteiger partial charge is 0.253 e. The molecule has 0 aliphatic carbocycles. The van der Waals surface area contributed by atoms with Gasteiger partial charge < -0.3 is 9.73 Å². The zero-order valence-corrected chi connectivity index (χ0v) is 17.3. The van der Waals surface area contributed by atoms with Crippen LogP contribution in [0.3, 0.4) is 0 Å². The van der Waals surface area contributed by atoms with Gasteiger partial charge in [-0.15, -0.1) is 0 Å². The van der Waals surface area contributed by atoms with Crippen molar-refractivity contribution in [3.05, 3.63) is 52.9 Å². The van der Waals surface area contributed by atoms with Gasteiger partial charge in [0.1, 0.15) is 5.76 Å². The molecule has 1 aromatic heterocycles. The fourth-order valence-corrected chi connectivity index (χ4v) is 4.43. The summed E-state index contributed by atoms with van der Waals surface area (Å²) in [5, 5.41) is 3.07. The maximum atomic E-state index is 12.7. The van der Waals surface area contributed by atoms with Crippen molar-refractivity contribution in [2.75, 3.05) is 13.1 Å². The number of amides is 1. The molecule has 1 aromatic carbocycles. The normalized spacial score (nSPS) is 12.9. The molecule has 148 valence electrons. The summed E-state index contributed by atoms with van der Waals surface area (Å²) in [7, 11) is -3.66. The first-order valence-electron chi connectivity index (χ1n) is 8.92. The molecule has 1 atom stereocenters. The molecule has 0 aliphatic rings. The van der Waals surface area contributed by atoms with Crippen LogP contribution in [-0.4, -0.2) is 37.8 Å². The van der Waals surface area contributed by atoms with Crippen LogP contribution in [0.2, 0.25) is 5.02 Å². The Morgan fingerprint density at radius 1 is 1.26 bits per heavy atom. The summed E-state index contributed by atoms with van der Waals surface area (Å²) in [5.41, 5.74) is 0.148. The van der Waals surface area contributed by atoms with Crippen LogP contribution >= 0.6 is 11.6 Å². The minimum atomic E-state index is -3.66. The molecule has 6 nitrogen and oxygen atoms in total. The predicted molar refractivity (Wildman–Crippen MR) is 106 cm³/mol. The van der Waals surface area contributed by atoms with Crippen LogP contribution in [0.15, 0.2) is 45.9 Å². The van der Waals surface area contributed by atoms with Crippen molar-refractivity contribution < 1.29 is 17.6 Å². The summed E-state index contributed by atoms with van der Waals surface area (Å²) in [5.74, 6) is 0.449. The molecular formula is C19H25ClN2O4S. The lowest BCUT2D eigenvalue weighted by atomic mass is 10.1. The van der Waals surface area contributed by atoms with Crippen LogP contribution < -0.4 is 5.32 Å². The van der Waals surface area contributed by atoms with E-state index in [0.29, 0.717) is 25.9 Å². The van der Waals surface area contributed by atoms with Gasteiger partial charge in [-0.25, -0.2) is 8.42 Å². The number of sulfonamides is 1. The van der Waals surface area contributed by atoms with Gasteiger partial charge in [0.25, 0.3) is 5.91 Å². The molecule has 1 unspecified atom stereocenters. The van der Waals surface area contributed by atoms with Crippen molar-refractivity contribution in [2.24, 2.45) is 0 Å². The van der Waals surface area contributed by atoms with Crippen LogP contribution in [0, 0.1) is 0 Å². The fraction of sp³-hybridized carbons (Fsp3) is 0.421. The Bertz CT molecular complexity index is 862. The first kappa shape index (κ1) is 21.5. The number of rotatable bonds is 9. The lowest BCUT2D eigenvalue weighted by Gasteiger charge is -2.19. The molecule has 1 N–H and O–H groups in total. The van der Waals surface area contributed by atoms with E-state index < -0.39 is 15.9 Å². The standard InChI is InChI=1S/C19H25ClN2O4S/c1-4-22(5-2)27(24,25)16-10-11-18(20)17(13-16)19(23)21-14(3)8-9-15-7-6-12-26-15/h6-7,10-14H,4-5,8-9H2,1-3H3,(H,21,23). The molecule has 8 heteroatoms. The molecule has 0 bridgehead atoms. The van der Waals surface area contributed by atoms with Crippen LogP contribution in [-0.2, 0) is 16.4 Å². The number of hydrogen-bond acceptors (Lipinski definition) is 4. The van der Waals surface area contributed by atoms with Gasteiger partial charge in [-0.1, -0.05) is 25.4 Å². The van der Waals surface area contributed by atoms with Crippen LogP contribution in [0.4, 0.5) is 0 Å². The molecule has 0 aliphatic heterocycles. The third-order valence-corrected chi connectivity index (χ3v) is 6.68. The Labute approximate surface area is 165 Å². The van der Waals surface area contributed by atoms with E-state index in [1.807, 2.05) is 19.1 Å². The van der Waals surface area contributed by atoms with E-state index in [9.17, 15) is 13.2 Å². The molecule has 1 heterocycles. The Hall–Kier alpha value is -1.83. The van der Waals surface area contributed by atoms with Gasteiger partial charge in [0, 0.05) is 25.6 Å². The molecule has 2 aromatic rings. The highest BCUT2D eigenvalue weighted by Gasteiger charge is 2.24. The number of nitrogens with zero attached hydrogens (tertiary/aromatic N) is 1. The number of aryl methyl sites for hydroxylation is 1. The second-order valence-electron chi connectivity index (χ2n) is 6.22. The fourth-order valence-electron chi connectivity index (χ4n) is 2.74. The van der Waals surface area contributed by atoms with Crippen molar-refractivity contribution >= 4 is 27.5 Å². The number of hydrogen-bond donors (Lipinski definition) is 1. The second kappa shape index (κ2) is 9.39. The SMILES string of the molecule is CCN(CC)S(=O)(=O)c1ccc(Cl)c(C(=O)NC(C)CCc2ccco2)c1. The van der Waals surface area contributed by atoms with E-state index in [0.717, 1.165) is 5.76 Å². The van der Waals surface area contributed by atoms with E-state index in [-0.39, 0.29) is 21.5 Å². The largest absolute Gasteiger partial charge is 0.469 e. The van der Waals surface area contributed by atoms with E-state index in [1.165, 1.54) is 22.5 Å². The van der Waals surface area contributed by atoms with Crippen molar-refractivity contribution in [2.45, 2.75) is 44.6 Å². The van der Waals surface area contributed by atoms with Gasteiger partial charge in [-0.3, -0.25) is 4.79 Å². The summed E-state index contributed by atoms with van der Waals surface area (Å²) in [6, 6.07) is 7.78. The zero-order valence-electron chi connectivity index (χ0n) is 15.7. The summed E-state index contributed by atoms with van der Waals surface area (Å²) in [4.78, 5) is 12.7. The van der Waals surface area contributed by atoms with E-state index in [1.54, 1.807) is 20.1 Å². The molecule has 1 amide bonds. The first-order valence-corrected chi connectivity index (χ1v) is 10.7. The average molecular weight is 413 g/mol. The molecule has 0 radical (unpaired) electrons. The highest BCUT2D eigenvalue weighted by molar-refractivity contribution is 7.89. The van der Waals surface area contributed by atoms with Crippen LogP contribution in [0.5, 0.6) is 0 Å². The minimum absolute atomic E-state index is 0.0592. The van der Waals surface area contributed by atoms with Gasteiger partial charge >= 0.3 is 0 Å². The number of carbonyl (C=O) groups is 1. The highest BCUT2D eigenvalue weighted by atomic mass is 35.5. The topological polar surface area (TPSA) is 79.6 Å². The average Bonchev–Trinajstić information content (AvgIpc) is 3.14. The number of halogens is 1. The monoisotopic (exact) mass is 412 g/mol. The molecular weight excluding hydrogens is 388 g/mol. The number of carbonyl (C=O) groups excluding carboxylic acids is 1. The summed E-state index contributed by atoms with van der Waals surface area (Å²) in [6.07, 6.45) is 2.99. The highest BCUT2D eigenvalue weighted by Crippen LogP contribution is 2.23. The molecule has 0 spiro atoms. The van der Waals surface area contributed by atoms with Crippen molar-refractivity contribution in [3.63, 3.8) is 0 Å². The van der Waals surface area contributed by atoms with Crippen molar-refractivity contribution in [1.82, 2.24) is 9.62 Å². The summed E-state index contributed by atoms with van der Waals surface area (Å²) in [6.45, 7) is 6.13. The molecule has 2 rings (SSSR count). The second-order valence-corrected chi connectivity index (χ2v) is 8.57. The molecule has 0 saturated heterocycles. The van der Waals surface area contributed by atoms with E-state index >= 15 is 0 Å². The Balaban J connectivity index is 2.13. The first-order chi connectivity index (χ1) is 12.8. The molecule has 0 fully saturated rings. The summed E-state index contributed by atoms with van der Waals surface area (Å²) < 4.78 is 32.0. The number of furan rings is 1. The van der Waals surface area contributed by atoms with E-state index in [4.69, 9.17) is 16.0 Å². The Morgan fingerprint density at radius 3 is 2.56 bits per heavy atom. The lowest BCUT2D eigenvalue weighted by molar-refractivity contribution is 0.0938. The quantitative estimate of drug-likeness (QED) is 0.680. The van der Waals surface area contributed by atoms with Crippen LogP contribution in [0.1, 0.15) is 43.3 Å². The summed E-state index contributed by atoms with van der Waals surface area (Å²) >= 11 is 6.15. The number of nitrogens with one attached hydrogen (secondary N) is 1. The Kier molecular flexibility index (Phi) is 7.47. The Morgan fingerprint density at radius 2 is 1.96 bits per heavy atom. The van der Waals surface area contributed by atoms with Gasteiger partial charge in [0.05, 0.1) is 21.7 Å². The van der Waals surface area contributed by atoms with E-state index in [2.05, 4.69) is 5.32 Å². The van der Waals surface area contributed by atoms with Gasteiger partial charge in [0.15, 0.2) is 0 Å². The van der Waals surface area contributed by atoms with Crippen LogP contribution in [0.25, 0.3) is 0 Å². The third-order valence-electron chi connectivity index (χ3n) is 4.31. The van der Waals surface area contributed by atoms with Crippen molar-refractivity contribution in [3.8, 4) is 0 Å².